The predicted molar refractivity (Wildman–Crippen MR) is 139 cm³/mol. The van der Waals surface area contributed by atoms with E-state index >= 15 is 0 Å². The first-order chi connectivity index (χ1) is 16.4. The number of aromatic nitrogens is 3. The number of amides is 1. The van der Waals surface area contributed by atoms with Crippen molar-refractivity contribution in [3.8, 4) is 11.4 Å². The van der Waals surface area contributed by atoms with Gasteiger partial charge in [0.1, 0.15) is 5.00 Å². The van der Waals surface area contributed by atoms with Gasteiger partial charge in [-0.15, -0.1) is 32.9 Å². The van der Waals surface area contributed by atoms with Gasteiger partial charge in [0.2, 0.25) is 5.91 Å². The molecule has 1 N–H and O–H groups in total. The highest BCUT2D eigenvalue weighted by Gasteiger charge is 2.26. The summed E-state index contributed by atoms with van der Waals surface area (Å²) in [6.45, 7) is 6.24. The van der Waals surface area contributed by atoms with Crippen LogP contribution in [0.1, 0.15) is 71.2 Å². The summed E-state index contributed by atoms with van der Waals surface area (Å²) in [6.07, 6.45) is 6.31. The van der Waals surface area contributed by atoms with Gasteiger partial charge in [-0.05, 0) is 58.1 Å². The van der Waals surface area contributed by atoms with Gasteiger partial charge in [0.05, 0.1) is 18.4 Å². The topological polar surface area (TPSA) is 86.1 Å². The molecule has 0 fully saturated rings. The fourth-order valence-corrected chi connectivity index (χ4v) is 7.06. The third kappa shape index (κ3) is 5.39. The molecule has 0 radical (unpaired) electrons. The number of hydrogen-bond donors (Lipinski definition) is 1. The molecule has 0 bridgehead atoms. The van der Waals surface area contributed by atoms with Gasteiger partial charge in [-0.3, -0.25) is 9.36 Å². The van der Waals surface area contributed by atoms with Crippen LogP contribution in [0.15, 0.2) is 16.6 Å². The standard InChI is InChI=1S/C24H30N4O3S3/c1-14(2)28-21(16-11-15(3)32-12-16)26-27-24(28)33-13-19(29)25-22-20(23(30)31-4)17-9-7-5-6-8-10-18(17)34-22/h11-12,14H,5-10,13H2,1-4H3,(H,25,29). The predicted octanol–water partition coefficient (Wildman–Crippen LogP) is 6.13. The molecule has 0 saturated heterocycles. The van der Waals surface area contributed by atoms with Crippen molar-refractivity contribution in [2.24, 2.45) is 0 Å². The van der Waals surface area contributed by atoms with Crippen LogP contribution in [-0.4, -0.2) is 39.5 Å². The Kier molecular flexibility index (Phi) is 8.10. The lowest BCUT2D eigenvalue weighted by Crippen LogP contribution is -2.17. The first kappa shape index (κ1) is 24.9. The molecule has 1 amide bonds. The average Bonchev–Trinajstić information content (AvgIpc) is 3.49. The zero-order chi connectivity index (χ0) is 24.2. The van der Waals surface area contributed by atoms with Crippen LogP contribution in [0.2, 0.25) is 0 Å². The Morgan fingerprint density at radius 2 is 1.97 bits per heavy atom. The molecule has 1 aliphatic rings. The number of methoxy groups -OCH3 is 1. The molecule has 0 saturated carbocycles. The van der Waals surface area contributed by atoms with Crippen LogP contribution >= 0.6 is 34.4 Å². The lowest BCUT2D eigenvalue weighted by Gasteiger charge is -2.13. The maximum absolute atomic E-state index is 12.9. The average molecular weight is 519 g/mol. The lowest BCUT2D eigenvalue weighted by molar-refractivity contribution is -0.113. The fourth-order valence-electron chi connectivity index (χ4n) is 4.22. The van der Waals surface area contributed by atoms with Gasteiger partial charge in [-0.25, -0.2) is 4.79 Å². The minimum absolute atomic E-state index is 0.151. The van der Waals surface area contributed by atoms with Gasteiger partial charge in [-0.1, -0.05) is 24.6 Å². The Morgan fingerprint density at radius 3 is 2.65 bits per heavy atom. The van der Waals surface area contributed by atoms with Crippen molar-refractivity contribution < 1.29 is 14.3 Å². The molecule has 182 valence electrons. The lowest BCUT2D eigenvalue weighted by atomic mass is 9.96. The number of carbonyl (C=O) groups excluding carboxylic acids is 2. The third-order valence-electron chi connectivity index (χ3n) is 5.82. The summed E-state index contributed by atoms with van der Waals surface area (Å²) in [7, 11) is 1.39. The number of anilines is 1. The van der Waals surface area contributed by atoms with Gasteiger partial charge >= 0.3 is 5.97 Å². The van der Waals surface area contributed by atoms with Crippen LogP contribution in [0.4, 0.5) is 5.00 Å². The van der Waals surface area contributed by atoms with E-state index < -0.39 is 0 Å². The summed E-state index contributed by atoms with van der Waals surface area (Å²) in [6, 6.07) is 2.25. The Morgan fingerprint density at radius 1 is 1.21 bits per heavy atom. The second-order valence-electron chi connectivity index (χ2n) is 8.67. The number of carbonyl (C=O) groups is 2. The van der Waals surface area contributed by atoms with Crippen LogP contribution in [0.3, 0.4) is 0 Å². The first-order valence-corrected chi connectivity index (χ1v) is 14.2. The maximum Gasteiger partial charge on any atom is 0.341 e. The van der Waals surface area contributed by atoms with Crippen molar-refractivity contribution in [3.05, 3.63) is 32.3 Å². The van der Waals surface area contributed by atoms with E-state index in [0.717, 1.165) is 49.1 Å². The van der Waals surface area contributed by atoms with Gasteiger partial charge in [0.25, 0.3) is 0 Å². The highest BCUT2D eigenvalue weighted by Crippen LogP contribution is 2.38. The molecule has 0 spiro atoms. The van der Waals surface area contributed by atoms with E-state index in [2.05, 4.69) is 52.3 Å². The van der Waals surface area contributed by atoms with Crippen molar-refractivity contribution in [1.82, 2.24) is 14.8 Å². The zero-order valence-electron chi connectivity index (χ0n) is 20.0. The highest BCUT2D eigenvalue weighted by atomic mass is 32.2. The summed E-state index contributed by atoms with van der Waals surface area (Å²) < 4.78 is 7.13. The molecule has 7 nitrogen and oxygen atoms in total. The van der Waals surface area contributed by atoms with E-state index in [9.17, 15) is 9.59 Å². The Labute approximate surface area is 212 Å². The van der Waals surface area contributed by atoms with Crippen LogP contribution in [0.5, 0.6) is 0 Å². The maximum atomic E-state index is 12.9. The highest BCUT2D eigenvalue weighted by molar-refractivity contribution is 7.99. The molecule has 3 aromatic rings. The Hall–Kier alpha value is -2.17. The molecule has 0 atom stereocenters. The van der Waals surface area contributed by atoms with Gasteiger partial charge in [0.15, 0.2) is 11.0 Å². The minimum Gasteiger partial charge on any atom is -0.465 e. The number of hydrogen-bond acceptors (Lipinski definition) is 8. The fraction of sp³-hybridized carbons (Fsp3) is 0.500. The molecule has 34 heavy (non-hydrogen) atoms. The Bertz CT molecular complexity index is 1180. The van der Waals surface area contributed by atoms with E-state index in [1.165, 1.54) is 46.4 Å². The zero-order valence-corrected chi connectivity index (χ0v) is 22.4. The number of aryl methyl sites for hydroxylation is 2. The first-order valence-electron chi connectivity index (χ1n) is 11.5. The Balaban J connectivity index is 1.51. The molecule has 10 heteroatoms. The molecule has 1 aliphatic carbocycles. The van der Waals surface area contributed by atoms with Crippen LogP contribution in [0, 0.1) is 6.92 Å². The molecule has 3 aromatic heterocycles. The quantitative estimate of drug-likeness (QED) is 0.299. The van der Waals surface area contributed by atoms with Gasteiger partial charge < -0.3 is 10.1 Å². The van der Waals surface area contributed by atoms with Crippen molar-refractivity contribution in [1.29, 1.82) is 0 Å². The largest absolute Gasteiger partial charge is 0.465 e. The molecule has 0 aliphatic heterocycles. The number of thiophene rings is 2. The van der Waals surface area contributed by atoms with Crippen molar-refractivity contribution >= 4 is 51.3 Å². The van der Waals surface area contributed by atoms with Crippen LogP contribution in [0.25, 0.3) is 11.4 Å². The van der Waals surface area contributed by atoms with E-state index in [4.69, 9.17) is 4.74 Å². The summed E-state index contributed by atoms with van der Waals surface area (Å²) in [5.74, 6) is 0.441. The minimum atomic E-state index is -0.378. The second-order valence-corrected chi connectivity index (χ2v) is 11.8. The SMILES string of the molecule is COC(=O)c1c(NC(=O)CSc2nnc(-c3csc(C)c3)n2C(C)C)sc2c1CCCCCC2. The smallest absolute Gasteiger partial charge is 0.341 e. The summed E-state index contributed by atoms with van der Waals surface area (Å²) in [4.78, 5) is 27.9. The number of ether oxygens (including phenoxy) is 1. The van der Waals surface area contributed by atoms with Gasteiger partial charge in [0, 0.05) is 26.7 Å². The van der Waals surface area contributed by atoms with Crippen LogP contribution < -0.4 is 5.32 Å². The van der Waals surface area contributed by atoms with Gasteiger partial charge in [-0.2, -0.15) is 0 Å². The number of fused-ring (bicyclic) bond motifs is 1. The molecule has 0 unspecified atom stereocenters. The second kappa shape index (κ2) is 11.0. The van der Waals surface area contributed by atoms with Crippen molar-refractivity contribution in [2.45, 2.75) is 70.5 Å². The summed E-state index contributed by atoms with van der Waals surface area (Å²) in [5, 5.41) is 15.1. The molecular formula is C24H30N4O3S3. The van der Waals surface area contributed by atoms with Crippen LogP contribution in [-0.2, 0) is 22.4 Å². The number of thioether (sulfide) groups is 1. The summed E-state index contributed by atoms with van der Waals surface area (Å²) >= 11 is 4.55. The molecular weight excluding hydrogens is 488 g/mol. The number of nitrogens with zero attached hydrogens (tertiary/aromatic N) is 3. The van der Waals surface area contributed by atoms with E-state index in [1.54, 1.807) is 11.3 Å². The summed E-state index contributed by atoms with van der Waals surface area (Å²) in [5.41, 5.74) is 2.62. The molecule has 4 rings (SSSR count). The normalized spacial score (nSPS) is 13.9. The van der Waals surface area contributed by atoms with E-state index in [-0.39, 0.29) is 23.7 Å². The van der Waals surface area contributed by atoms with Crippen molar-refractivity contribution in [2.75, 3.05) is 18.2 Å². The number of rotatable bonds is 7. The molecule has 3 heterocycles. The number of nitrogens with one attached hydrogen (secondary N) is 1. The van der Waals surface area contributed by atoms with E-state index in [0.29, 0.717) is 15.7 Å². The monoisotopic (exact) mass is 518 g/mol. The molecule has 0 aromatic carbocycles. The van der Waals surface area contributed by atoms with Crippen molar-refractivity contribution in [3.63, 3.8) is 0 Å². The van der Waals surface area contributed by atoms with E-state index in [1.807, 2.05) is 0 Å². The third-order valence-corrected chi connectivity index (χ3v) is 8.83. The number of esters is 1.